The van der Waals surface area contributed by atoms with Crippen molar-refractivity contribution in [2.75, 3.05) is 56.7 Å². The molecule has 3 aromatic carbocycles. The van der Waals surface area contributed by atoms with Gasteiger partial charge < -0.3 is 19.3 Å². The Morgan fingerprint density at radius 3 is 2.17 bits per heavy atom. The molecule has 1 fully saturated rings. The van der Waals surface area contributed by atoms with Gasteiger partial charge in [-0.15, -0.1) is 0 Å². The number of ether oxygens (including phenoxy) is 2. The Balaban J connectivity index is 1.50. The first-order valence-electron chi connectivity index (χ1n) is 11.7. The van der Waals surface area contributed by atoms with E-state index in [0.717, 1.165) is 5.56 Å². The maximum atomic E-state index is 13.4. The highest BCUT2D eigenvalue weighted by molar-refractivity contribution is 7.92. The highest BCUT2D eigenvalue weighted by atomic mass is 32.2. The van der Waals surface area contributed by atoms with Gasteiger partial charge in [-0.25, -0.2) is 8.42 Å². The Hall–Kier alpha value is -3.72. The van der Waals surface area contributed by atoms with Crippen LogP contribution in [0, 0.1) is 0 Å². The molecular weight excluding hydrogens is 478 g/mol. The van der Waals surface area contributed by atoms with Gasteiger partial charge in [0.15, 0.2) is 0 Å². The van der Waals surface area contributed by atoms with Crippen molar-refractivity contribution < 1.29 is 22.7 Å². The van der Waals surface area contributed by atoms with Crippen LogP contribution in [-0.4, -0.2) is 66.7 Å². The average Bonchev–Trinajstić information content (AvgIpc) is 2.93. The molecule has 4 rings (SSSR count). The van der Waals surface area contributed by atoms with Crippen molar-refractivity contribution in [3.05, 3.63) is 78.4 Å². The Morgan fingerprint density at radius 1 is 0.889 bits per heavy atom. The first-order chi connectivity index (χ1) is 17.3. The molecule has 0 radical (unpaired) electrons. The minimum Gasteiger partial charge on any atom is -0.497 e. The molecule has 0 unspecified atom stereocenters. The van der Waals surface area contributed by atoms with E-state index in [2.05, 4.69) is 4.90 Å². The third kappa shape index (κ3) is 5.41. The smallest absolute Gasteiger partial charge is 0.264 e. The van der Waals surface area contributed by atoms with Gasteiger partial charge >= 0.3 is 0 Å². The minimum atomic E-state index is -3.81. The van der Waals surface area contributed by atoms with Crippen LogP contribution in [0.25, 0.3) is 0 Å². The predicted molar refractivity (Wildman–Crippen MR) is 141 cm³/mol. The van der Waals surface area contributed by atoms with Gasteiger partial charge in [0.2, 0.25) is 5.91 Å². The highest BCUT2D eigenvalue weighted by Gasteiger charge is 2.27. The van der Waals surface area contributed by atoms with Crippen LogP contribution >= 0.6 is 0 Å². The zero-order valence-electron chi connectivity index (χ0n) is 20.8. The molecule has 0 atom stereocenters. The molecule has 0 N–H and O–H groups in total. The van der Waals surface area contributed by atoms with Crippen molar-refractivity contribution in [2.24, 2.45) is 0 Å². The summed E-state index contributed by atoms with van der Waals surface area (Å²) in [5, 5.41) is 0. The normalized spacial score (nSPS) is 13.9. The number of nitrogens with zero attached hydrogens (tertiary/aromatic N) is 3. The van der Waals surface area contributed by atoms with Crippen LogP contribution in [0.5, 0.6) is 11.5 Å². The zero-order valence-corrected chi connectivity index (χ0v) is 21.6. The first kappa shape index (κ1) is 25.4. The lowest BCUT2D eigenvalue weighted by molar-refractivity contribution is -0.130. The Labute approximate surface area is 212 Å². The van der Waals surface area contributed by atoms with Crippen molar-refractivity contribution in [2.45, 2.75) is 11.3 Å². The van der Waals surface area contributed by atoms with Crippen LogP contribution in [0.2, 0.25) is 0 Å². The summed E-state index contributed by atoms with van der Waals surface area (Å²) in [6.07, 6.45) is 0.371. The summed E-state index contributed by atoms with van der Waals surface area (Å²) in [6.45, 7) is 2.26. The SMILES string of the molecule is COc1ccc(N(C)S(=O)(=O)c2ccc(OC)c(N3CCN(C(=O)Cc4ccccc4)CC3)c2)cc1. The number of sulfonamides is 1. The van der Waals surface area contributed by atoms with Gasteiger partial charge in [-0.3, -0.25) is 9.10 Å². The molecule has 1 heterocycles. The van der Waals surface area contributed by atoms with Gasteiger partial charge in [-0.2, -0.15) is 0 Å². The summed E-state index contributed by atoms with van der Waals surface area (Å²) in [5.74, 6) is 1.33. The van der Waals surface area contributed by atoms with E-state index in [1.165, 1.54) is 11.4 Å². The van der Waals surface area contributed by atoms with Crippen LogP contribution in [0.15, 0.2) is 77.7 Å². The van der Waals surface area contributed by atoms with Gasteiger partial charge in [-0.05, 0) is 48.0 Å². The van der Waals surface area contributed by atoms with E-state index in [9.17, 15) is 13.2 Å². The van der Waals surface area contributed by atoms with E-state index in [0.29, 0.717) is 55.5 Å². The molecule has 1 aliphatic rings. The number of methoxy groups -OCH3 is 2. The predicted octanol–water partition coefficient (Wildman–Crippen LogP) is 3.42. The molecule has 0 aromatic heterocycles. The van der Waals surface area contributed by atoms with E-state index in [4.69, 9.17) is 9.47 Å². The van der Waals surface area contributed by atoms with Crippen molar-refractivity contribution in [3.63, 3.8) is 0 Å². The molecule has 1 amide bonds. The number of hydrogen-bond donors (Lipinski definition) is 0. The van der Waals surface area contributed by atoms with Gasteiger partial charge in [0.05, 0.1) is 36.9 Å². The maximum Gasteiger partial charge on any atom is 0.264 e. The molecule has 190 valence electrons. The topological polar surface area (TPSA) is 79.4 Å². The summed E-state index contributed by atoms with van der Waals surface area (Å²) < 4.78 is 38.8. The summed E-state index contributed by atoms with van der Waals surface area (Å²) in [7, 11) is 0.844. The molecule has 3 aromatic rings. The zero-order chi connectivity index (χ0) is 25.7. The van der Waals surface area contributed by atoms with Crippen molar-refractivity contribution >= 4 is 27.3 Å². The van der Waals surface area contributed by atoms with Crippen molar-refractivity contribution in [3.8, 4) is 11.5 Å². The summed E-state index contributed by atoms with van der Waals surface area (Å²) in [4.78, 5) is 16.8. The summed E-state index contributed by atoms with van der Waals surface area (Å²) in [5.41, 5.74) is 2.21. The fourth-order valence-electron chi connectivity index (χ4n) is 4.25. The van der Waals surface area contributed by atoms with Gasteiger partial charge in [0.1, 0.15) is 11.5 Å². The second kappa shape index (κ2) is 10.9. The van der Waals surface area contributed by atoms with Crippen LogP contribution in [0.3, 0.4) is 0 Å². The number of rotatable bonds is 8. The standard InChI is InChI=1S/C27H31N3O5S/c1-28(22-9-11-23(34-2)12-10-22)36(32,33)24-13-14-26(35-3)25(20-24)29-15-17-30(18-16-29)27(31)19-21-7-5-4-6-8-21/h4-14,20H,15-19H2,1-3H3. The molecule has 0 bridgehead atoms. The molecule has 1 saturated heterocycles. The van der Waals surface area contributed by atoms with Crippen molar-refractivity contribution in [1.29, 1.82) is 0 Å². The van der Waals surface area contributed by atoms with Crippen LogP contribution in [0.4, 0.5) is 11.4 Å². The summed E-state index contributed by atoms with van der Waals surface area (Å²) >= 11 is 0. The number of carbonyl (C=O) groups is 1. The van der Waals surface area contributed by atoms with Crippen molar-refractivity contribution in [1.82, 2.24) is 4.90 Å². The lowest BCUT2D eigenvalue weighted by atomic mass is 10.1. The van der Waals surface area contributed by atoms with Gasteiger partial charge in [-0.1, -0.05) is 30.3 Å². The molecular formula is C27H31N3O5S. The second-order valence-electron chi connectivity index (χ2n) is 8.53. The minimum absolute atomic E-state index is 0.0882. The van der Waals surface area contributed by atoms with E-state index in [1.807, 2.05) is 35.2 Å². The average molecular weight is 510 g/mol. The Bertz CT molecular complexity index is 1290. The maximum absolute atomic E-state index is 13.4. The molecule has 9 heteroatoms. The number of hydrogen-bond acceptors (Lipinski definition) is 6. The number of carbonyl (C=O) groups excluding carboxylic acids is 1. The Morgan fingerprint density at radius 2 is 1.56 bits per heavy atom. The fourth-order valence-corrected chi connectivity index (χ4v) is 5.46. The highest BCUT2D eigenvalue weighted by Crippen LogP contribution is 2.33. The first-order valence-corrected chi connectivity index (χ1v) is 13.1. The third-order valence-corrected chi connectivity index (χ3v) is 8.20. The molecule has 0 saturated carbocycles. The second-order valence-corrected chi connectivity index (χ2v) is 10.5. The number of anilines is 2. The fraction of sp³-hybridized carbons (Fsp3) is 0.296. The van der Waals surface area contributed by atoms with Gasteiger partial charge in [0, 0.05) is 33.2 Å². The number of piperazine rings is 1. The largest absolute Gasteiger partial charge is 0.497 e. The van der Waals surface area contributed by atoms with Crippen LogP contribution < -0.4 is 18.7 Å². The van der Waals surface area contributed by atoms with E-state index in [1.54, 1.807) is 56.7 Å². The molecule has 0 aliphatic carbocycles. The van der Waals surface area contributed by atoms with Crippen LogP contribution in [-0.2, 0) is 21.2 Å². The van der Waals surface area contributed by atoms with E-state index in [-0.39, 0.29) is 10.8 Å². The molecule has 8 nitrogen and oxygen atoms in total. The summed E-state index contributed by atoms with van der Waals surface area (Å²) in [6, 6.07) is 21.4. The molecule has 0 spiro atoms. The quantitative estimate of drug-likeness (QED) is 0.463. The number of benzene rings is 3. The van der Waals surface area contributed by atoms with E-state index < -0.39 is 10.0 Å². The third-order valence-electron chi connectivity index (χ3n) is 6.42. The van der Waals surface area contributed by atoms with Gasteiger partial charge in [0.25, 0.3) is 10.0 Å². The molecule has 1 aliphatic heterocycles. The number of amides is 1. The lowest BCUT2D eigenvalue weighted by Gasteiger charge is -2.37. The van der Waals surface area contributed by atoms with Crippen LogP contribution in [0.1, 0.15) is 5.56 Å². The lowest BCUT2D eigenvalue weighted by Crippen LogP contribution is -2.49. The Kier molecular flexibility index (Phi) is 7.69. The molecule has 36 heavy (non-hydrogen) atoms. The van der Waals surface area contributed by atoms with E-state index >= 15 is 0 Å². The monoisotopic (exact) mass is 509 g/mol.